The van der Waals surface area contributed by atoms with Crippen molar-refractivity contribution in [3.8, 4) is 0 Å². The highest BCUT2D eigenvalue weighted by Gasteiger charge is 2.16. The fourth-order valence-corrected chi connectivity index (χ4v) is 3.22. The Bertz CT molecular complexity index is 715. The molecule has 0 saturated heterocycles. The van der Waals surface area contributed by atoms with Crippen molar-refractivity contribution in [1.29, 1.82) is 0 Å². The molecule has 2 N–H and O–H groups in total. The lowest BCUT2D eigenvalue weighted by atomic mass is 10.1. The van der Waals surface area contributed by atoms with Gasteiger partial charge in [-0.3, -0.25) is 4.79 Å². The lowest BCUT2D eigenvalue weighted by Gasteiger charge is -2.12. The Hall–Kier alpha value is -1.73. The SMILES string of the molecule is CCc1nc(C(C)NC(=O)c2cc(Br)cc(C(=O)O)c2)cs1. The van der Waals surface area contributed by atoms with E-state index < -0.39 is 5.97 Å². The normalized spacial score (nSPS) is 12.0. The number of halogens is 1. The summed E-state index contributed by atoms with van der Waals surface area (Å²) >= 11 is 4.78. The van der Waals surface area contributed by atoms with E-state index in [0.29, 0.717) is 10.0 Å². The van der Waals surface area contributed by atoms with Gasteiger partial charge in [0.2, 0.25) is 0 Å². The Morgan fingerprint density at radius 2 is 2.05 bits per heavy atom. The maximum absolute atomic E-state index is 12.3. The van der Waals surface area contributed by atoms with Gasteiger partial charge in [0.05, 0.1) is 22.3 Å². The van der Waals surface area contributed by atoms with E-state index in [0.717, 1.165) is 17.1 Å². The molecule has 116 valence electrons. The molecule has 0 fully saturated rings. The zero-order valence-electron chi connectivity index (χ0n) is 12.1. The zero-order valence-corrected chi connectivity index (χ0v) is 14.5. The maximum Gasteiger partial charge on any atom is 0.335 e. The zero-order chi connectivity index (χ0) is 16.3. The highest BCUT2D eigenvalue weighted by atomic mass is 79.9. The number of aromatic nitrogens is 1. The number of hydrogen-bond acceptors (Lipinski definition) is 4. The summed E-state index contributed by atoms with van der Waals surface area (Å²) in [6.45, 7) is 3.88. The number of thiazole rings is 1. The summed E-state index contributed by atoms with van der Waals surface area (Å²) in [5.41, 5.74) is 1.17. The van der Waals surface area contributed by atoms with Gasteiger partial charge < -0.3 is 10.4 Å². The van der Waals surface area contributed by atoms with E-state index in [-0.39, 0.29) is 17.5 Å². The summed E-state index contributed by atoms with van der Waals surface area (Å²) in [6.07, 6.45) is 0.860. The molecule has 2 rings (SSSR count). The number of nitrogens with one attached hydrogen (secondary N) is 1. The van der Waals surface area contributed by atoms with Crippen LogP contribution >= 0.6 is 27.3 Å². The second kappa shape index (κ2) is 7.02. The summed E-state index contributed by atoms with van der Waals surface area (Å²) < 4.78 is 0.548. The molecule has 0 saturated carbocycles. The number of benzene rings is 1. The number of amides is 1. The Kier molecular flexibility index (Phi) is 5.31. The standard InChI is InChI=1S/C15H15BrN2O3S/c1-3-13-18-12(7-22-13)8(2)17-14(19)9-4-10(15(20)21)6-11(16)5-9/h4-8H,3H2,1-2H3,(H,17,19)(H,20,21). The third-order valence-corrected chi connectivity index (χ3v) is 4.54. The van der Waals surface area contributed by atoms with Crippen LogP contribution in [0, 0.1) is 0 Å². The van der Waals surface area contributed by atoms with Gasteiger partial charge in [-0.1, -0.05) is 22.9 Å². The highest BCUT2D eigenvalue weighted by Crippen LogP contribution is 2.19. The van der Waals surface area contributed by atoms with Gasteiger partial charge in [0.25, 0.3) is 5.91 Å². The van der Waals surface area contributed by atoms with Crippen LogP contribution in [0.15, 0.2) is 28.1 Å². The largest absolute Gasteiger partial charge is 0.478 e. The van der Waals surface area contributed by atoms with Crippen LogP contribution < -0.4 is 5.32 Å². The van der Waals surface area contributed by atoms with Gasteiger partial charge in [0.1, 0.15) is 0 Å². The van der Waals surface area contributed by atoms with Crippen LogP contribution in [0.25, 0.3) is 0 Å². The van der Waals surface area contributed by atoms with Crippen molar-refractivity contribution in [3.05, 3.63) is 49.9 Å². The predicted octanol–water partition coefficient (Wildman–Crippen LogP) is 3.66. The molecule has 1 aromatic carbocycles. The van der Waals surface area contributed by atoms with E-state index >= 15 is 0 Å². The molecule has 1 unspecified atom stereocenters. The summed E-state index contributed by atoms with van der Waals surface area (Å²) in [5.74, 6) is -1.40. The van der Waals surface area contributed by atoms with Gasteiger partial charge >= 0.3 is 5.97 Å². The number of rotatable bonds is 5. The van der Waals surface area contributed by atoms with Gasteiger partial charge in [-0.2, -0.15) is 0 Å². The molecular weight excluding hydrogens is 368 g/mol. The minimum absolute atomic E-state index is 0.0640. The molecule has 1 heterocycles. The van der Waals surface area contributed by atoms with E-state index in [4.69, 9.17) is 5.11 Å². The van der Waals surface area contributed by atoms with Crippen LogP contribution in [-0.2, 0) is 6.42 Å². The molecule has 7 heteroatoms. The molecule has 0 bridgehead atoms. The monoisotopic (exact) mass is 382 g/mol. The fourth-order valence-electron chi connectivity index (χ4n) is 1.88. The second-order valence-electron chi connectivity index (χ2n) is 4.75. The van der Waals surface area contributed by atoms with Crippen molar-refractivity contribution >= 4 is 39.1 Å². The van der Waals surface area contributed by atoms with Crippen LogP contribution in [0.4, 0.5) is 0 Å². The number of carboxylic acid groups (broad SMARTS) is 1. The van der Waals surface area contributed by atoms with Gasteiger partial charge in [0.15, 0.2) is 0 Å². The van der Waals surface area contributed by atoms with E-state index in [9.17, 15) is 9.59 Å². The molecule has 2 aromatic rings. The summed E-state index contributed by atoms with van der Waals surface area (Å²) in [4.78, 5) is 27.8. The first kappa shape index (κ1) is 16.6. The van der Waals surface area contributed by atoms with Crippen molar-refractivity contribution < 1.29 is 14.7 Å². The highest BCUT2D eigenvalue weighted by molar-refractivity contribution is 9.10. The van der Waals surface area contributed by atoms with Crippen molar-refractivity contribution in [2.75, 3.05) is 0 Å². The Morgan fingerprint density at radius 3 is 2.64 bits per heavy atom. The minimum Gasteiger partial charge on any atom is -0.478 e. The quantitative estimate of drug-likeness (QED) is 0.826. The molecule has 1 amide bonds. The van der Waals surface area contributed by atoms with Crippen LogP contribution in [-0.4, -0.2) is 22.0 Å². The molecule has 0 radical (unpaired) electrons. The number of aromatic carboxylic acids is 1. The lowest BCUT2D eigenvalue weighted by molar-refractivity contribution is 0.0697. The number of nitrogens with zero attached hydrogens (tertiary/aromatic N) is 1. The van der Waals surface area contributed by atoms with Crippen molar-refractivity contribution in [2.24, 2.45) is 0 Å². The van der Waals surface area contributed by atoms with Crippen molar-refractivity contribution in [2.45, 2.75) is 26.3 Å². The smallest absolute Gasteiger partial charge is 0.335 e. The van der Waals surface area contributed by atoms with Gasteiger partial charge in [-0.25, -0.2) is 9.78 Å². The van der Waals surface area contributed by atoms with E-state index in [1.807, 2.05) is 19.2 Å². The predicted molar refractivity (Wildman–Crippen MR) is 88.5 cm³/mol. The number of hydrogen-bond donors (Lipinski definition) is 2. The number of aryl methyl sites for hydroxylation is 1. The molecule has 1 atom stereocenters. The molecule has 1 aromatic heterocycles. The number of carbonyl (C=O) groups is 2. The first-order chi connectivity index (χ1) is 10.4. The van der Waals surface area contributed by atoms with Crippen LogP contribution in [0.2, 0.25) is 0 Å². The molecular formula is C15H15BrN2O3S. The van der Waals surface area contributed by atoms with Gasteiger partial charge in [-0.15, -0.1) is 11.3 Å². The lowest BCUT2D eigenvalue weighted by Crippen LogP contribution is -2.27. The van der Waals surface area contributed by atoms with Crippen LogP contribution in [0.5, 0.6) is 0 Å². The van der Waals surface area contributed by atoms with Crippen molar-refractivity contribution in [3.63, 3.8) is 0 Å². The Balaban J connectivity index is 2.16. The third-order valence-electron chi connectivity index (χ3n) is 3.07. The van der Waals surface area contributed by atoms with Crippen LogP contribution in [0.1, 0.15) is 51.3 Å². The molecule has 5 nitrogen and oxygen atoms in total. The summed E-state index contributed by atoms with van der Waals surface area (Å²) in [7, 11) is 0. The first-order valence-corrected chi connectivity index (χ1v) is 8.37. The molecule has 0 aliphatic carbocycles. The molecule has 0 spiro atoms. The van der Waals surface area contributed by atoms with E-state index in [1.165, 1.54) is 12.1 Å². The average Bonchev–Trinajstić information content (AvgIpc) is 2.95. The van der Waals surface area contributed by atoms with E-state index in [1.54, 1.807) is 17.4 Å². The van der Waals surface area contributed by atoms with Gasteiger partial charge in [-0.05, 0) is 31.5 Å². The fraction of sp³-hybridized carbons (Fsp3) is 0.267. The van der Waals surface area contributed by atoms with Crippen LogP contribution in [0.3, 0.4) is 0 Å². The number of carboxylic acids is 1. The van der Waals surface area contributed by atoms with Crippen molar-refractivity contribution in [1.82, 2.24) is 10.3 Å². The molecule has 0 aliphatic rings. The van der Waals surface area contributed by atoms with E-state index in [2.05, 4.69) is 26.2 Å². The second-order valence-corrected chi connectivity index (χ2v) is 6.61. The summed E-state index contributed by atoms with van der Waals surface area (Å²) in [5, 5.41) is 14.8. The maximum atomic E-state index is 12.3. The Labute approximate surface area is 140 Å². The summed E-state index contributed by atoms with van der Waals surface area (Å²) in [6, 6.07) is 4.16. The minimum atomic E-state index is -1.07. The molecule has 22 heavy (non-hydrogen) atoms. The number of carbonyl (C=O) groups excluding carboxylic acids is 1. The average molecular weight is 383 g/mol. The molecule has 0 aliphatic heterocycles. The van der Waals surface area contributed by atoms with Gasteiger partial charge in [0, 0.05) is 15.4 Å². The third kappa shape index (κ3) is 3.92. The topological polar surface area (TPSA) is 79.3 Å². The Morgan fingerprint density at radius 1 is 1.36 bits per heavy atom. The first-order valence-electron chi connectivity index (χ1n) is 6.69.